The molecule has 2 heterocycles. The van der Waals surface area contributed by atoms with Gasteiger partial charge in [-0.15, -0.1) is 11.3 Å². The van der Waals surface area contributed by atoms with Crippen molar-refractivity contribution < 1.29 is 9.53 Å². The van der Waals surface area contributed by atoms with Crippen LogP contribution in [0.5, 0.6) is 0 Å². The molecule has 0 aliphatic carbocycles. The largest absolute Gasteiger partial charge is 0.376 e. The number of ether oxygens (including phenoxy) is 1. The molecule has 1 amide bonds. The van der Waals surface area contributed by atoms with E-state index >= 15 is 0 Å². The van der Waals surface area contributed by atoms with Crippen molar-refractivity contribution in [2.75, 3.05) is 13.2 Å². The standard InChI is InChI=1S/C15H17ClN2O2S2/c1-9(14(19)17-8-11-3-2-6-20-11)21-15-18-12-7-10(16)4-5-13(12)22-15/h4-5,7,9,11H,2-3,6,8H2,1H3,(H,17,19). The summed E-state index contributed by atoms with van der Waals surface area (Å²) in [6.45, 7) is 3.30. The van der Waals surface area contributed by atoms with Crippen LogP contribution in [0.15, 0.2) is 22.5 Å². The number of carbonyl (C=O) groups is 1. The lowest BCUT2D eigenvalue weighted by Crippen LogP contribution is -2.36. The number of amides is 1. The predicted octanol–water partition coefficient (Wildman–Crippen LogP) is 3.73. The average molecular weight is 357 g/mol. The molecule has 1 fully saturated rings. The molecular weight excluding hydrogens is 340 g/mol. The predicted molar refractivity (Wildman–Crippen MR) is 91.9 cm³/mol. The molecule has 0 spiro atoms. The number of aromatic nitrogens is 1. The van der Waals surface area contributed by atoms with E-state index in [4.69, 9.17) is 16.3 Å². The van der Waals surface area contributed by atoms with Crippen molar-refractivity contribution in [1.29, 1.82) is 0 Å². The van der Waals surface area contributed by atoms with Crippen molar-refractivity contribution in [2.24, 2.45) is 0 Å². The lowest BCUT2D eigenvalue weighted by Gasteiger charge is -2.13. The highest BCUT2D eigenvalue weighted by Crippen LogP contribution is 2.33. The minimum atomic E-state index is -0.183. The molecule has 1 aromatic carbocycles. The van der Waals surface area contributed by atoms with Crippen LogP contribution in [-0.2, 0) is 9.53 Å². The summed E-state index contributed by atoms with van der Waals surface area (Å²) in [7, 11) is 0. The summed E-state index contributed by atoms with van der Waals surface area (Å²) in [5.74, 6) is 0.0257. The first-order valence-electron chi connectivity index (χ1n) is 7.24. The Hall–Kier alpha value is -0.820. The second kappa shape index (κ2) is 7.17. The van der Waals surface area contributed by atoms with Crippen molar-refractivity contribution in [3.05, 3.63) is 23.2 Å². The number of halogens is 1. The number of thiazole rings is 1. The number of fused-ring (bicyclic) bond motifs is 1. The zero-order chi connectivity index (χ0) is 15.5. The van der Waals surface area contributed by atoms with E-state index in [0.29, 0.717) is 11.6 Å². The van der Waals surface area contributed by atoms with E-state index in [1.807, 2.05) is 25.1 Å². The zero-order valence-electron chi connectivity index (χ0n) is 12.2. The maximum atomic E-state index is 12.1. The Bertz CT molecular complexity index is 671. The van der Waals surface area contributed by atoms with Gasteiger partial charge in [-0.05, 0) is 38.0 Å². The third-order valence-electron chi connectivity index (χ3n) is 3.50. The Labute approximate surface area is 142 Å². The van der Waals surface area contributed by atoms with Crippen molar-refractivity contribution in [2.45, 2.75) is 35.5 Å². The fraction of sp³-hybridized carbons (Fsp3) is 0.467. The molecule has 2 unspecified atom stereocenters. The smallest absolute Gasteiger partial charge is 0.233 e. The molecule has 1 aromatic heterocycles. The third-order valence-corrected chi connectivity index (χ3v) is 5.97. The highest BCUT2D eigenvalue weighted by atomic mass is 35.5. The Morgan fingerprint density at radius 3 is 3.27 bits per heavy atom. The SMILES string of the molecule is CC(Sc1nc2cc(Cl)ccc2s1)C(=O)NCC1CCCO1. The molecule has 118 valence electrons. The summed E-state index contributed by atoms with van der Waals surface area (Å²) < 4.78 is 7.48. The number of thioether (sulfide) groups is 1. The van der Waals surface area contributed by atoms with Crippen molar-refractivity contribution >= 4 is 50.8 Å². The van der Waals surface area contributed by atoms with Crippen LogP contribution >= 0.6 is 34.7 Å². The second-order valence-corrected chi connectivity index (χ2v) is 8.29. The van der Waals surface area contributed by atoms with E-state index in [0.717, 1.165) is 34.0 Å². The highest BCUT2D eigenvalue weighted by molar-refractivity contribution is 8.02. The number of nitrogens with zero attached hydrogens (tertiary/aromatic N) is 1. The van der Waals surface area contributed by atoms with Crippen LogP contribution in [0.25, 0.3) is 10.2 Å². The first-order valence-corrected chi connectivity index (χ1v) is 9.31. The molecule has 0 radical (unpaired) electrons. The van der Waals surface area contributed by atoms with Crippen molar-refractivity contribution in [3.63, 3.8) is 0 Å². The van der Waals surface area contributed by atoms with Crippen LogP contribution in [0, 0.1) is 0 Å². The van der Waals surface area contributed by atoms with Crippen LogP contribution < -0.4 is 5.32 Å². The Morgan fingerprint density at radius 2 is 2.50 bits per heavy atom. The van der Waals surface area contributed by atoms with Crippen molar-refractivity contribution in [3.8, 4) is 0 Å². The van der Waals surface area contributed by atoms with Crippen LogP contribution in [0.1, 0.15) is 19.8 Å². The van der Waals surface area contributed by atoms with E-state index in [-0.39, 0.29) is 17.3 Å². The summed E-state index contributed by atoms with van der Waals surface area (Å²) in [4.78, 5) is 16.7. The van der Waals surface area contributed by atoms with Gasteiger partial charge in [0.15, 0.2) is 4.34 Å². The van der Waals surface area contributed by atoms with Crippen LogP contribution in [0.4, 0.5) is 0 Å². The Morgan fingerprint density at radius 1 is 1.64 bits per heavy atom. The van der Waals surface area contributed by atoms with Gasteiger partial charge in [0.05, 0.1) is 21.6 Å². The summed E-state index contributed by atoms with van der Waals surface area (Å²) in [6.07, 6.45) is 2.28. The number of carbonyl (C=O) groups excluding carboxylic acids is 1. The molecule has 4 nitrogen and oxygen atoms in total. The highest BCUT2D eigenvalue weighted by Gasteiger charge is 2.20. The molecule has 1 aliphatic rings. The van der Waals surface area contributed by atoms with Gasteiger partial charge in [-0.2, -0.15) is 0 Å². The lowest BCUT2D eigenvalue weighted by molar-refractivity contribution is -0.120. The molecule has 1 aliphatic heterocycles. The van der Waals surface area contributed by atoms with Gasteiger partial charge in [0.1, 0.15) is 0 Å². The topological polar surface area (TPSA) is 51.2 Å². The minimum Gasteiger partial charge on any atom is -0.376 e. The number of nitrogens with one attached hydrogen (secondary N) is 1. The van der Waals surface area contributed by atoms with E-state index < -0.39 is 0 Å². The minimum absolute atomic E-state index is 0.0257. The summed E-state index contributed by atoms with van der Waals surface area (Å²) in [6, 6.07) is 5.66. The summed E-state index contributed by atoms with van der Waals surface area (Å²) >= 11 is 9.03. The summed E-state index contributed by atoms with van der Waals surface area (Å²) in [5, 5.41) is 3.45. The first kappa shape index (κ1) is 16.1. The molecule has 1 N–H and O–H groups in total. The van der Waals surface area contributed by atoms with Crippen LogP contribution in [-0.4, -0.2) is 35.4 Å². The van der Waals surface area contributed by atoms with E-state index in [9.17, 15) is 4.79 Å². The third kappa shape index (κ3) is 3.93. The second-order valence-electron chi connectivity index (χ2n) is 5.23. The molecule has 1 saturated heterocycles. The fourth-order valence-electron chi connectivity index (χ4n) is 2.30. The number of benzene rings is 1. The fourth-order valence-corrected chi connectivity index (χ4v) is 4.68. The molecule has 2 aromatic rings. The van der Waals surface area contributed by atoms with E-state index in [1.54, 1.807) is 11.3 Å². The van der Waals surface area contributed by atoms with E-state index in [2.05, 4.69) is 10.3 Å². The van der Waals surface area contributed by atoms with Gasteiger partial charge in [0, 0.05) is 18.2 Å². The Balaban J connectivity index is 1.57. The summed E-state index contributed by atoms with van der Waals surface area (Å²) in [5.41, 5.74) is 0.881. The normalized spacial score (nSPS) is 19.5. The van der Waals surface area contributed by atoms with Crippen LogP contribution in [0.2, 0.25) is 5.02 Å². The van der Waals surface area contributed by atoms with Gasteiger partial charge in [-0.3, -0.25) is 4.79 Å². The van der Waals surface area contributed by atoms with Gasteiger partial charge in [-0.1, -0.05) is 23.4 Å². The molecular formula is C15H17ClN2O2S2. The quantitative estimate of drug-likeness (QED) is 0.829. The van der Waals surface area contributed by atoms with E-state index in [1.165, 1.54) is 11.8 Å². The molecule has 3 rings (SSSR count). The first-order chi connectivity index (χ1) is 10.6. The average Bonchev–Trinajstić information content (AvgIpc) is 3.12. The van der Waals surface area contributed by atoms with Gasteiger partial charge in [-0.25, -0.2) is 4.98 Å². The van der Waals surface area contributed by atoms with Gasteiger partial charge in [0.25, 0.3) is 0 Å². The number of rotatable bonds is 5. The molecule has 22 heavy (non-hydrogen) atoms. The van der Waals surface area contributed by atoms with Gasteiger partial charge < -0.3 is 10.1 Å². The molecule has 0 saturated carbocycles. The Kier molecular flexibility index (Phi) is 5.23. The van der Waals surface area contributed by atoms with Crippen molar-refractivity contribution in [1.82, 2.24) is 10.3 Å². The molecule has 7 heteroatoms. The maximum absolute atomic E-state index is 12.1. The molecule has 0 bridgehead atoms. The lowest BCUT2D eigenvalue weighted by atomic mass is 10.2. The molecule has 2 atom stereocenters. The van der Waals surface area contributed by atoms with Crippen LogP contribution in [0.3, 0.4) is 0 Å². The number of hydrogen-bond donors (Lipinski definition) is 1. The van der Waals surface area contributed by atoms with Gasteiger partial charge >= 0.3 is 0 Å². The zero-order valence-corrected chi connectivity index (χ0v) is 14.6. The maximum Gasteiger partial charge on any atom is 0.233 e. The monoisotopic (exact) mass is 356 g/mol. The van der Waals surface area contributed by atoms with Gasteiger partial charge in [0.2, 0.25) is 5.91 Å². The number of hydrogen-bond acceptors (Lipinski definition) is 5.